The summed E-state index contributed by atoms with van der Waals surface area (Å²) in [6, 6.07) is 26.7. The number of nitrogens with zero attached hydrogens (tertiary/aromatic N) is 2. The van der Waals surface area contributed by atoms with Crippen LogP contribution in [-0.2, 0) is 12.8 Å². The number of aryl methyl sites for hydroxylation is 2. The van der Waals surface area contributed by atoms with E-state index in [0.717, 1.165) is 24.2 Å². The first-order chi connectivity index (χ1) is 17.6. The zero-order valence-corrected chi connectivity index (χ0v) is 20.3. The summed E-state index contributed by atoms with van der Waals surface area (Å²) in [5, 5.41) is 20.4. The summed E-state index contributed by atoms with van der Waals surface area (Å²) in [6.45, 7) is 0. The van der Waals surface area contributed by atoms with E-state index in [9.17, 15) is 10.2 Å². The summed E-state index contributed by atoms with van der Waals surface area (Å²) in [4.78, 5) is 8.92. The van der Waals surface area contributed by atoms with Crippen LogP contribution in [-0.4, -0.2) is 36.9 Å². The van der Waals surface area contributed by atoms with Crippen LogP contribution in [0.1, 0.15) is 22.3 Å². The molecule has 0 amide bonds. The van der Waals surface area contributed by atoms with Crippen molar-refractivity contribution >= 4 is 23.8 Å². The largest absolute Gasteiger partial charge is 0.504 e. The number of phenols is 2. The Balaban J connectivity index is 1.33. The molecule has 0 saturated carbocycles. The summed E-state index contributed by atoms with van der Waals surface area (Å²) in [5.74, 6) is 1.00. The highest BCUT2D eigenvalue weighted by Crippen LogP contribution is 2.29. The average Bonchev–Trinajstić information content (AvgIpc) is 2.92. The molecule has 6 nitrogen and oxygen atoms in total. The zero-order valence-electron chi connectivity index (χ0n) is 20.3. The molecular weight excluding hydrogens is 452 g/mol. The van der Waals surface area contributed by atoms with Crippen molar-refractivity contribution in [2.45, 2.75) is 12.8 Å². The lowest BCUT2D eigenvalue weighted by atomic mass is 10.0. The fraction of sp³-hybridized carbons (Fsp3) is 0.133. The minimum atomic E-state index is 0.0792. The standard InChI is InChI=1S/C30H28N2O4/c1-35-27-7-3-5-23(29(27)33)19-31-25-15-11-21(12-16-25)9-10-22-13-17-26(18-14-22)32-20-24-6-4-8-28(36-2)30(24)34/h3-8,11-20,33-34H,9-10H2,1-2H3. The van der Waals surface area contributed by atoms with E-state index in [2.05, 4.69) is 34.3 Å². The van der Waals surface area contributed by atoms with Crippen molar-refractivity contribution in [3.8, 4) is 23.0 Å². The number of aliphatic imine (C=N–C) groups is 2. The third-order valence-corrected chi connectivity index (χ3v) is 5.78. The minimum Gasteiger partial charge on any atom is -0.504 e. The van der Waals surface area contributed by atoms with Gasteiger partial charge in [-0.2, -0.15) is 0 Å². The molecular formula is C30H28N2O4. The summed E-state index contributed by atoms with van der Waals surface area (Å²) >= 11 is 0. The maximum Gasteiger partial charge on any atom is 0.166 e. The van der Waals surface area contributed by atoms with E-state index in [1.807, 2.05) is 36.4 Å². The van der Waals surface area contributed by atoms with E-state index < -0.39 is 0 Å². The van der Waals surface area contributed by atoms with E-state index in [-0.39, 0.29) is 11.5 Å². The fourth-order valence-electron chi connectivity index (χ4n) is 3.69. The topological polar surface area (TPSA) is 83.6 Å². The number of para-hydroxylation sites is 2. The van der Waals surface area contributed by atoms with Crippen LogP contribution < -0.4 is 9.47 Å². The van der Waals surface area contributed by atoms with Crippen LogP contribution in [0.5, 0.6) is 23.0 Å². The molecule has 6 heteroatoms. The van der Waals surface area contributed by atoms with Crippen molar-refractivity contribution in [1.29, 1.82) is 0 Å². The number of benzene rings is 4. The number of rotatable bonds is 9. The van der Waals surface area contributed by atoms with Gasteiger partial charge in [0.15, 0.2) is 23.0 Å². The second kappa shape index (κ2) is 11.7. The van der Waals surface area contributed by atoms with Crippen molar-refractivity contribution in [2.75, 3.05) is 14.2 Å². The van der Waals surface area contributed by atoms with Crippen molar-refractivity contribution in [1.82, 2.24) is 0 Å². The molecule has 0 bridgehead atoms. The van der Waals surface area contributed by atoms with Gasteiger partial charge in [0.1, 0.15) is 0 Å². The van der Waals surface area contributed by atoms with Gasteiger partial charge in [-0.3, -0.25) is 9.98 Å². The van der Waals surface area contributed by atoms with Gasteiger partial charge in [0.05, 0.1) is 25.6 Å². The smallest absolute Gasteiger partial charge is 0.166 e. The second-order valence-corrected chi connectivity index (χ2v) is 8.15. The number of ether oxygens (including phenoxy) is 2. The molecule has 0 heterocycles. The Bertz CT molecular complexity index is 1250. The molecule has 4 rings (SSSR count). The highest BCUT2D eigenvalue weighted by molar-refractivity contribution is 5.87. The van der Waals surface area contributed by atoms with Crippen LogP contribution in [0.15, 0.2) is 94.9 Å². The third-order valence-electron chi connectivity index (χ3n) is 5.78. The Morgan fingerprint density at radius 3 is 1.33 bits per heavy atom. The fourth-order valence-corrected chi connectivity index (χ4v) is 3.69. The molecule has 0 radical (unpaired) electrons. The SMILES string of the molecule is COc1cccc(C=Nc2ccc(CCc3ccc(N=Cc4cccc(OC)c4O)cc3)cc2)c1O. The molecule has 0 aliphatic carbocycles. The van der Waals surface area contributed by atoms with Gasteiger partial charge < -0.3 is 19.7 Å². The maximum atomic E-state index is 10.2. The van der Waals surface area contributed by atoms with Gasteiger partial charge in [0.25, 0.3) is 0 Å². The first-order valence-electron chi connectivity index (χ1n) is 11.6. The van der Waals surface area contributed by atoms with Crippen LogP contribution >= 0.6 is 0 Å². The molecule has 0 aliphatic rings. The predicted octanol–water partition coefficient (Wildman–Crippen LogP) is 6.40. The third kappa shape index (κ3) is 6.10. The van der Waals surface area contributed by atoms with Crippen molar-refractivity contribution < 1.29 is 19.7 Å². The van der Waals surface area contributed by atoms with Crippen LogP contribution in [0, 0.1) is 0 Å². The number of phenolic OH excluding ortho intramolecular Hbond substituents is 2. The van der Waals surface area contributed by atoms with Crippen molar-refractivity contribution in [3.63, 3.8) is 0 Å². The van der Waals surface area contributed by atoms with E-state index in [1.165, 1.54) is 25.3 Å². The van der Waals surface area contributed by atoms with E-state index in [4.69, 9.17) is 9.47 Å². The van der Waals surface area contributed by atoms with Gasteiger partial charge >= 0.3 is 0 Å². The normalized spacial score (nSPS) is 11.3. The molecule has 0 aliphatic heterocycles. The molecule has 0 fully saturated rings. The molecule has 0 unspecified atom stereocenters. The highest BCUT2D eigenvalue weighted by Gasteiger charge is 2.06. The Labute approximate surface area is 210 Å². The minimum absolute atomic E-state index is 0.0792. The Morgan fingerprint density at radius 2 is 0.972 bits per heavy atom. The lowest BCUT2D eigenvalue weighted by Gasteiger charge is -2.06. The molecule has 0 saturated heterocycles. The molecule has 0 spiro atoms. The van der Waals surface area contributed by atoms with Crippen LogP contribution in [0.3, 0.4) is 0 Å². The average molecular weight is 481 g/mol. The molecule has 4 aromatic rings. The van der Waals surface area contributed by atoms with Crippen molar-refractivity contribution in [2.24, 2.45) is 9.98 Å². The Kier molecular flexibility index (Phi) is 7.98. The van der Waals surface area contributed by atoms with E-state index in [1.54, 1.807) is 36.7 Å². The Hall–Kier alpha value is -4.58. The van der Waals surface area contributed by atoms with E-state index in [0.29, 0.717) is 22.6 Å². The predicted molar refractivity (Wildman–Crippen MR) is 144 cm³/mol. The van der Waals surface area contributed by atoms with Crippen LogP contribution in [0.2, 0.25) is 0 Å². The molecule has 0 aromatic heterocycles. The summed E-state index contributed by atoms with van der Waals surface area (Å²) in [7, 11) is 3.04. The molecule has 36 heavy (non-hydrogen) atoms. The lowest BCUT2D eigenvalue weighted by molar-refractivity contribution is 0.373. The molecule has 182 valence electrons. The van der Waals surface area contributed by atoms with Gasteiger partial charge in [0.2, 0.25) is 0 Å². The Morgan fingerprint density at radius 1 is 0.583 bits per heavy atom. The summed E-state index contributed by atoms with van der Waals surface area (Å²) in [6.07, 6.45) is 5.07. The number of hydrogen-bond donors (Lipinski definition) is 2. The molecule has 0 atom stereocenters. The number of methoxy groups -OCH3 is 2. The number of hydrogen-bond acceptors (Lipinski definition) is 6. The van der Waals surface area contributed by atoms with Gasteiger partial charge in [-0.25, -0.2) is 0 Å². The zero-order chi connectivity index (χ0) is 25.3. The van der Waals surface area contributed by atoms with E-state index >= 15 is 0 Å². The summed E-state index contributed by atoms with van der Waals surface area (Å²) < 4.78 is 10.3. The van der Waals surface area contributed by atoms with Crippen LogP contribution in [0.4, 0.5) is 11.4 Å². The first-order valence-corrected chi connectivity index (χ1v) is 11.6. The monoisotopic (exact) mass is 480 g/mol. The first kappa shape index (κ1) is 24.5. The number of aromatic hydroxyl groups is 2. The van der Waals surface area contributed by atoms with Crippen molar-refractivity contribution in [3.05, 3.63) is 107 Å². The highest BCUT2D eigenvalue weighted by atomic mass is 16.5. The van der Waals surface area contributed by atoms with Gasteiger partial charge in [-0.05, 0) is 72.5 Å². The van der Waals surface area contributed by atoms with Gasteiger partial charge in [-0.1, -0.05) is 36.4 Å². The maximum absolute atomic E-state index is 10.2. The lowest BCUT2D eigenvalue weighted by Crippen LogP contribution is -1.91. The van der Waals surface area contributed by atoms with Gasteiger partial charge in [0, 0.05) is 23.6 Å². The van der Waals surface area contributed by atoms with Crippen LogP contribution in [0.25, 0.3) is 0 Å². The second-order valence-electron chi connectivity index (χ2n) is 8.15. The summed E-state index contributed by atoms with van der Waals surface area (Å²) in [5.41, 5.74) is 5.26. The van der Waals surface area contributed by atoms with Gasteiger partial charge in [-0.15, -0.1) is 0 Å². The quantitative estimate of drug-likeness (QED) is 0.272. The molecule has 4 aromatic carbocycles. The molecule has 2 N–H and O–H groups in total.